The van der Waals surface area contributed by atoms with E-state index in [0.717, 1.165) is 10.8 Å². The molecule has 1 aliphatic rings. The fraction of sp³-hybridized carbons (Fsp3) is 0.800. The molecule has 0 atom stereocenters. The number of nitrogens with zero attached hydrogens (tertiary/aromatic N) is 4. The monoisotopic (exact) mass is 211 g/mol. The minimum Gasteiger partial charge on any atom is -0.303 e. The Bertz CT molecular complexity index is 305. The van der Waals surface area contributed by atoms with E-state index in [2.05, 4.69) is 10.1 Å². The highest BCUT2D eigenvalue weighted by Crippen LogP contribution is 2.32. The van der Waals surface area contributed by atoms with Gasteiger partial charge in [-0.15, -0.1) is 10.3 Å². The second kappa shape index (κ2) is 3.57. The van der Waals surface area contributed by atoms with E-state index in [4.69, 9.17) is 0 Å². The first-order valence-corrected chi connectivity index (χ1v) is 4.97. The zero-order valence-electron chi connectivity index (χ0n) is 10.3. The van der Waals surface area contributed by atoms with Gasteiger partial charge in [0.1, 0.15) is 5.66 Å². The lowest BCUT2D eigenvalue weighted by Gasteiger charge is -2.30. The first-order chi connectivity index (χ1) is 6.68. The number of aliphatic imine (C=N–C) groups is 1. The van der Waals surface area contributed by atoms with Gasteiger partial charge in [-0.2, -0.15) is 5.10 Å². The predicted octanol–water partition coefficient (Wildman–Crippen LogP) is 1.15. The Morgan fingerprint density at radius 2 is 1.87 bits per heavy atom. The fourth-order valence-electron chi connectivity index (χ4n) is 1.62. The van der Waals surface area contributed by atoms with Crippen LogP contribution in [0.3, 0.4) is 0 Å². The molecule has 1 aliphatic heterocycles. The highest BCUT2D eigenvalue weighted by atomic mass is 16.5. The Morgan fingerprint density at radius 1 is 1.33 bits per heavy atom. The molecule has 0 saturated carbocycles. The van der Waals surface area contributed by atoms with Gasteiger partial charge in [0.25, 0.3) is 0 Å². The van der Waals surface area contributed by atoms with Crippen LogP contribution in [0.2, 0.25) is 0 Å². The highest BCUT2D eigenvalue weighted by Gasteiger charge is 2.47. The van der Waals surface area contributed by atoms with Gasteiger partial charge in [0.15, 0.2) is 0 Å². The normalized spacial score (nSPS) is 24.6. The number of hydroxylamine groups is 2. The Hall–Kier alpha value is -0.940. The molecule has 0 aromatic carbocycles. The molecule has 1 heterocycles. The molecule has 0 amide bonds. The van der Waals surface area contributed by atoms with Gasteiger partial charge in [-0.05, 0) is 27.7 Å². The van der Waals surface area contributed by atoms with E-state index < -0.39 is 11.2 Å². The van der Waals surface area contributed by atoms with Crippen LogP contribution in [-0.4, -0.2) is 47.3 Å². The average Bonchev–Trinajstić information content (AvgIpc) is 2.23. The van der Waals surface area contributed by atoms with Crippen LogP contribution in [-0.2, 0) is 5.21 Å². The smallest absolute Gasteiger partial charge is 0.134 e. The summed E-state index contributed by atoms with van der Waals surface area (Å²) in [6, 6.07) is 0. The number of hydrogen-bond acceptors (Lipinski definition) is 4. The molecule has 5 heteroatoms. The SMILES string of the molecule is CN(C)/N=C/C1=NC(C)(C)N([O])C1(C)C. The van der Waals surface area contributed by atoms with Crippen molar-refractivity contribution in [3.05, 3.63) is 0 Å². The van der Waals surface area contributed by atoms with Crippen molar-refractivity contribution in [1.82, 2.24) is 10.1 Å². The summed E-state index contributed by atoms with van der Waals surface area (Å²) >= 11 is 0. The van der Waals surface area contributed by atoms with Crippen molar-refractivity contribution in [2.45, 2.75) is 38.9 Å². The quantitative estimate of drug-likeness (QED) is 0.508. The van der Waals surface area contributed by atoms with E-state index in [1.54, 1.807) is 25.1 Å². The molecule has 5 nitrogen and oxygen atoms in total. The maximum atomic E-state index is 11.9. The fourth-order valence-corrected chi connectivity index (χ4v) is 1.62. The summed E-state index contributed by atoms with van der Waals surface area (Å²) in [7, 11) is 3.66. The van der Waals surface area contributed by atoms with Crippen LogP contribution in [0.5, 0.6) is 0 Å². The second-order valence-corrected chi connectivity index (χ2v) is 4.94. The molecule has 15 heavy (non-hydrogen) atoms. The minimum atomic E-state index is -0.697. The second-order valence-electron chi connectivity index (χ2n) is 4.94. The summed E-state index contributed by atoms with van der Waals surface area (Å²) in [6.45, 7) is 7.32. The molecule has 1 radical (unpaired) electrons. The molecule has 0 aromatic rings. The van der Waals surface area contributed by atoms with Crippen LogP contribution >= 0.6 is 0 Å². The molecule has 0 aromatic heterocycles. The summed E-state index contributed by atoms with van der Waals surface area (Å²) in [4.78, 5) is 4.38. The van der Waals surface area contributed by atoms with E-state index in [1.807, 2.05) is 27.9 Å². The van der Waals surface area contributed by atoms with Gasteiger partial charge in [0.2, 0.25) is 0 Å². The maximum Gasteiger partial charge on any atom is 0.134 e. The molecule has 0 saturated heterocycles. The van der Waals surface area contributed by atoms with Gasteiger partial charge in [0.05, 0.1) is 17.5 Å². The van der Waals surface area contributed by atoms with Crippen LogP contribution in [0.4, 0.5) is 0 Å². The Morgan fingerprint density at radius 3 is 2.20 bits per heavy atom. The third-order valence-corrected chi connectivity index (χ3v) is 2.44. The summed E-state index contributed by atoms with van der Waals surface area (Å²) in [5.74, 6) is 0. The summed E-state index contributed by atoms with van der Waals surface area (Å²) in [5.41, 5.74) is -0.587. The zero-order chi connectivity index (χ0) is 11.9. The lowest BCUT2D eigenvalue weighted by molar-refractivity contribution is -0.240. The van der Waals surface area contributed by atoms with Crippen LogP contribution < -0.4 is 0 Å². The third-order valence-electron chi connectivity index (χ3n) is 2.44. The summed E-state index contributed by atoms with van der Waals surface area (Å²) in [5, 5.41) is 18.7. The number of rotatable bonds is 2. The van der Waals surface area contributed by atoms with E-state index in [-0.39, 0.29) is 0 Å². The van der Waals surface area contributed by atoms with Gasteiger partial charge in [-0.25, -0.2) is 0 Å². The van der Waals surface area contributed by atoms with Gasteiger partial charge < -0.3 is 5.01 Å². The lowest BCUT2D eigenvalue weighted by atomic mass is 9.99. The van der Waals surface area contributed by atoms with Crippen LogP contribution in [0.1, 0.15) is 27.7 Å². The maximum absolute atomic E-state index is 11.9. The lowest BCUT2D eigenvalue weighted by Crippen LogP contribution is -2.49. The first-order valence-electron chi connectivity index (χ1n) is 4.97. The molecule has 0 fully saturated rings. The van der Waals surface area contributed by atoms with Crippen molar-refractivity contribution < 1.29 is 5.21 Å². The largest absolute Gasteiger partial charge is 0.303 e. The molecule has 0 unspecified atom stereocenters. The van der Waals surface area contributed by atoms with Gasteiger partial charge in [-0.1, -0.05) is 0 Å². The van der Waals surface area contributed by atoms with E-state index in [1.165, 1.54) is 0 Å². The van der Waals surface area contributed by atoms with Crippen LogP contribution in [0.25, 0.3) is 0 Å². The standard InChI is InChI=1S/C10H19N4O/c1-9(2)8(7-11-13(5)6)12-10(3,4)14(9)15/h7H,1-6H3/b11-7+. The van der Waals surface area contributed by atoms with Gasteiger partial charge in [-0.3, -0.25) is 4.99 Å². The Labute approximate surface area is 91.0 Å². The van der Waals surface area contributed by atoms with E-state index in [9.17, 15) is 5.21 Å². The summed E-state index contributed by atoms with van der Waals surface area (Å²) < 4.78 is 0. The first kappa shape index (κ1) is 12.1. The van der Waals surface area contributed by atoms with Crippen molar-refractivity contribution in [1.29, 1.82) is 0 Å². The highest BCUT2D eigenvalue weighted by molar-refractivity contribution is 6.35. The van der Waals surface area contributed by atoms with Crippen molar-refractivity contribution >= 4 is 11.9 Å². The Balaban J connectivity index is 2.99. The van der Waals surface area contributed by atoms with E-state index >= 15 is 0 Å². The molecule has 0 aliphatic carbocycles. The van der Waals surface area contributed by atoms with Crippen LogP contribution in [0, 0.1) is 0 Å². The molecule has 0 bridgehead atoms. The predicted molar refractivity (Wildman–Crippen MR) is 60.3 cm³/mol. The van der Waals surface area contributed by atoms with Crippen molar-refractivity contribution in [2.24, 2.45) is 10.1 Å². The van der Waals surface area contributed by atoms with Crippen LogP contribution in [0.15, 0.2) is 10.1 Å². The average molecular weight is 211 g/mol. The molecule has 0 spiro atoms. The summed E-state index contributed by atoms with van der Waals surface area (Å²) in [6.07, 6.45) is 1.65. The van der Waals surface area contributed by atoms with E-state index in [0.29, 0.717) is 0 Å². The molecule has 1 rings (SSSR count). The Kier molecular flexibility index (Phi) is 2.89. The molecule has 85 valence electrons. The molecular formula is C10H19N4O. The van der Waals surface area contributed by atoms with Gasteiger partial charge >= 0.3 is 0 Å². The molecular weight excluding hydrogens is 192 g/mol. The number of hydrogen-bond donors (Lipinski definition) is 0. The van der Waals surface area contributed by atoms with Crippen molar-refractivity contribution in [3.63, 3.8) is 0 Å². The number of hydrazone groups is 1. The topological polar surface area (TPSA) is 51.1 Å². The van der Waals surface area contributed by atoms with Crippen molar-refractivity contribution in [2.75, 3.05) is 14.1 Å². The zero-order valence-corrected chi connectivity index (χ0v) is 10.3. The third kappa shape index (κ3) is 2.18. The van der Waals surface area contributed by atoms with Crippen molar-refractivity contribution in [3.8, 4) is 0 Å². The molecule has 0 N–H and O–H groups in total. The minimum absolute atomic E-state index is 0.608. The van der Waals surface area contributed by atoms with Gasteiger partial charge in [0, 0.05) is 14.1 Å².